The maximum Gasteiger partial charge on any atom is 0.239 e. The van der Waals surface area contributed by atoms with Crippen molar-refractivity contribution in [1.82, 2.24) is 0 Å². The number of hydrogen-bond acceptors (Lipinski definition) is 3. The molecule has 0 aliphatic carbocycles. The Morgan fingerprint density at radius 1 is 1.00 bits per heavy atom. The smallest absolute Gasteiger partial charge is 0.239 e. The van der Waals surface area contributed by atoms with Crippen LogP contribution in [0.1, 0.15) is 5.56 Å². The van der Waals surface area contributed by atoms with E-state index in [1.165, 1.54) is 0 Å². The van der Waals surface area contributed by atoms with Crippen molar-refractivity contribution in [2.75, 3.05) is 11.1 Å². The Morgan fingerprint density at radius 3 is 2.27 bits per heavy atom. The van der Waals surface area contributed by atoms with Gasteiger partial charge in [0.2, 0.25) is 5.91 Å². The van der Waals surface area contributed by atoms with Crippen LogP contribution in [0, 0.1) is 0 Å². The molecule has 0 aliphatic heterocycles. The molecule has 0 atom stereocenters. The van der Waals surface area contributed by atoms with Gasteiger partial charge in [0.05, 0.1) is 5.75 Å². The first-order valence-electron chi connectivity index (χ1n) is 6.35. The molecule has 0 aliphatic rings. The summed E-state index contributed by atoms with van der Waals surface area (Å²) < 4.78 is 24.1. The van der Waals surface area contributed by atoms with E-state index >= 15 is 0 Å². The van der Waals surface area contributed by atoms with Gasteiger partial charge < -0.3 is 5.32 Å². The number of sulfone groups is 1. The quantitative estimate of drug-likeness (QED) is 0.889. The first kappa shape index (κ1) is 16.8. The molecule has 0 saturated heterocycles. The number of carbonyl (C=O) groups excluding carboxylic acids is 1. The average Bonchev–Trinajstić information content (AvgIpc) is 2.43. The van der Waals surface area contributed by atoms with Gasteiger partial charge in [-0.15, -0.1) is 0 Å². The van der Waals surface area contributed by atoms with Crippen molar-refractivity contribution in [2.24, 2.45) is 0 Å². The molecule has 116 valence electrons. The molecule has 0 fully saturated rings. The Hall–Kier alpha value is -1.56. The summed E-state index contributed by atoms with van der Waals surface area (Å²) in [5.74, 6) is -1.49. The predicted molar refractivity (Wildman–Crippen MR) is 89.0 cm³/mol. The van der Waals surface area contributed by atoms with Gasteiger partial charge >= 0.3 is 0 Å². The van der Waals surface area contributed by atoms with E-state index in [-0.39, 0.29) is 5.75 Å². The van der Waals surface area contributed by atoms with Crippen molar-refractivity contribution < 1.29 is 13.2 Å². The molecule has 4 nitrogen and oxygen atoms in total. The maximum atomic E-state index is 12.1. The van der Waals surface area contributed by atoms with E-state index in [9.17, 15) is 13.2 Å². The highest BCUT2D eigenvalue weighted by Crippen LogP contribution is 2.18. The van der Waals surface area contributed by atoms with Gasteiger partial charge in [-0.25, -0.2) is 8.42 Å². The van der Waals surface area contributed by atoms with Crippen LogP contribution >= 0.6 is 23.2 Å². The standard InChI is InChI=1S/C15H13Cl2NO3S/c16-12-5-7-13(8-6-12)18-15(19)10-22(20,21)9-11-3-1-2-4-14(11)17/h1-8H,9-10H2,(H,18,19). The molecule has 1 amide bonds. The Morgan fingerprint density at radius 2 is 1.64 bits per heavy atom. The molecule has 0 heterocycles. The largest absolute Gasteiger partial charge is 0.325 e. The lowest BCUT2D eigenvalue weighted by Crippen LogP contribution is -2.24. The van der Waals surface area contributed by atoms with Gasteiger partial charge in [0.25, 0.3) is 0 Å². The normalized spacial score (nSPS) is 11.2. The Bertz CT molecular complexity index is 774. The van der Waals surface area contributed by atoms with Crippen LogP contribution in [0.25, 0.3) is 0 Å². The SMILES string of the molecule is O=C(CS(=O)(=O)Cc1ccccc1Cl)Nc1ccc(Cl)cc1. The fraction of sp³-hybridized carbons (Fsp3) is 0.133. The molecule has 22 heavy (non-hydrogen) atoms. The second-order valence-corrected chi connectivity index (χ2v) is 7.59. The molecule has 2 aromatic rings. The van der Waals surface area contributed by atoms with Crippen molar-refractivity contribution in [2.45, 2.75) is 5.75 Å². The molecule has 1 N–H and O–H groups in total. The topological polar surface area (TPSA) is 63.2 Å². The summed E-state index contributed by atoms with van der Waals surface area (Å²) in [5, 5.41) is 3.41. The zero-order chi connectivity index (χ0) is 16.2. The number of rotatable bonds is 5. The van der Waals surface area contributed by atoms with Crippen molar-refractivity contribution in [1.29, 1.82) is 0 Å². The maximum absolute atomic E-state index is 12.1. The molecule has 7 heteroatoms. The number of hydrogen-bond donors (Lipinski definition) is 1. The molecule has 0 spiro atoms. The van der Waals surface area contributed by atoms with Crippen molar-refractivity contribution in [3.8, 4) is 0 Å². The second kappa shape index (κ2) is 7.13. The van der Waals surface area contributed by atoms with Crippen LogP contribution in [-0.2, 0) is 20.4 Å². The first-order chi connectivity index (χ1) is 10.4. The predicted octanol–water partition coefficient (Wildman–Crippen LogP) is 3.55. The van der Waals surface area contributed by atoms with Crippen LogP contribution in [0.4, 0.5) is 5.69 Å². The minimum atomic E-state index is -3.61. The van der Waals surface area contributed by atoms with Gasteiger partial charge in [0, 0.05) is 15.7 Å². The van der Waals surface area contributed by atoms with Gasteiger partial charge in [-0.05, 0) is 35.9 Å². The van der Waals surface area contributed by atoms with E-state index in [2.05, 4.69) is 5.32 Å². The Kier molecular flexibility index (Phi) is 5.45. The van der Waals surface area contributed by atoms with E-state index in [1.807, 2.05) is 0 Å². The lowest BCUT2D eigenvalue weighted by Gasteiger charge is -2.07. The van der Waals surface area contributed by atoms with Gasteiger partial charge in [-0.1, -0.05) is 41.4 Å². The number of anilines is 1. The number of halogens is 2. The van der Waals surface area contributed by atoms with Crippen molar-refractivity contribution >= 4 is 44.6 Å². The van der Waals surface area contributed by atoms with Gasteiger partial charge in [-0.2, -0.15) is 0 Å². The summed E-state index contributed by atoms with van der Waals surface area (Å²) in [7, 11) is -3.61. The third-order valence-electron chi connectivity index (χ3n) is 2.81. The lowest BCUT2D eigenvalue weighted by atomic mass is 10.2. The summed E-state index contributed by atoms with van der Waals surface area (Å²) in [6, 6.07) is 13.1. The van der Waals surface area contributed by atoms with E-state index in [1.54, 1.807) is 48.5 Å². The van der Waals surface area contributed by atoms with Crippen LogP contribution in [-0.4, -0.2) is 20.1 Å². The highest BCUT2D eigenvalue weighted by molar-refractivity contribution is 7.91. The summed E-state index contributed by atoms with van der Waals surface area (Å²) in [4.78, 5) is 11.8. The van der Waals surface area contributed by atoms with Gasteiger partial charge in [-0.3, -0.25) is 4.79 Å². The van der Waals surface area contributed by atoms with E-state index in [4.69, 9.17) is 23.2 Å². The van der Waals surface area contributed by atoms with Crippen molar-refractivity contribution in [3.63, 3.8) is 0 Å². The zero-order valence-electron chi connectivity index (χ0n) is 11.4. The van der Waals surface area contributed by atoms with Crippen LogP contribution in [0.15, 0.2) is 48.5 Å². The monoisotopic (exact) mass is 357 g/mol. The van der Waals surface area contributed by atoms with E-state index < -0.39 is 21.5 Å². The molecular formula is C15H13Cl2NO3S. The zero-order valence-corrected chi connectivity index (χ0v) is 13.8. The molecular weight excluding hydrogens is 345 g/mol. The molecule has 0 aromatic heterocycles. The van der Waals surface area contributed by atoms with E-state index in [0.29, 0.717) is 21.3 Å². The highest BCUT2D eigenvalue weighted by Gasteiger charge is 2.18. The lowest BCUT2D eigenvalue weighted by molar-refractivity contribution is -0.113. The number of nitrogens with one attached hydrogen (secondary N) is 1. The van der Waals surface area contributed by atoms with E-state index in [0.717, 1.165) is 0 Å². The van der Waals surface area contributed by atoms with Gasteiger partial charge in [0.1, 0.15) is 5.75 Å². The Labute approximate surface area is 139 Å². The molecule has 2 aromatic carbocycles. The summed E-state index contributed by atoms with van der Waals surface area (Å²) in [6.07, 6.45) is 0. The molecule has 2 rings (SSSR count). The van der Waals surface area contributed by atoms with Crippen LogP contribution in [0.5, 0.6) is 0 Å². The number of amides is 1. The third-order valence-corrected chi connectivity index (χ3v) is 4.89. The molecule has 0 saturated carbocycles. The highest BCUT2D eigenvalue weighted by atomic mass is 35.5. The fourth-order valence-electron chi connectivity index (χ4n) is 1.83. The molecule has 0 unspecified atom stereocenters. The van der Waals surface area contributed by atoms with Gasteiger partial charge in [0.15, 0.2) is 9.84 Å². The van der Waals surface area contributed by atoms with Crippen LogP contribution in [0.2, 0.25) is 10.0 Å². The fourth-order valence-corrected chi connectivity index (χ4v) is 3.54. The number of benzene rings is 2. The summed E-state index contributed by atoms with van der Waals surface area (Å²) in [6.45, 7) is 0. The summed E-state index contributed by atoms with van der Waals surface area (Å²) in [5.41, 5.74) is 0.964. The minimum absolute atomic E-state index is 0.277. The minimum Gasteiger partial charge on any atom is -0.325 e. The van der Waals surface area contributed by atoms with Crippen molar-refractivity contribution in [3.05, 3.63) is 64.1 Å². The second-order valence-electron chi connectivity index (χ2n) is 4.68. The number of carbonyl (C=O) groups is 1. The molecule has 0 radical (unpaired) electrons. The van der Waals surface area contributed by atoms with Crippen LogP contribution < -0.4 is 5.32 Å². The van der Waals surface area contributed by atoms with Crippen LogP contribution in [0.3, 0.4) is 0 Å². The third kappa shape index (κ3) is 5.02. The molecule has 0 bridgehead atoms. The first-order valence-corrected chi connectivity index (χ1v) is 8.93. The summed E-state index contributed by atoms with van der Waals surface area (Å²) >= 11 is 11.7. The average molecular weight is 358 g/mol. The Balaban J connectivity index is 2.01.